The Morgan fingerprint density at radius 2 is 2.36 bits per heavy atom. The van der Waals surface area contributed by atoms with Gasteiger partial charge in [-0.15, -0.1) is 11.6 Å². The van der Waals surface area contributed by atoms with Crippen LogP contribution in [-0.2, 0) is 20.8 Å². The Hall–Kier alpha value is -1.12. The van der Waals surface area contributed by atoms with Crippen LogP contribution in [0.3, 0.4) is 0 Å². The second kappa shape index (κ2) is 6.97. The Labute approximate surface area is 139 Å². The van der Waals surface area contributed by atoms with Crippen LogP contribution in [0.15, 0.2) is 20.3 Å². The molecule has 1 aliphatic rings. The Balaban J connectivity index is 2.07. The number of H-pyrrole nitrogens is 1. The molecule has 0 aromatic carbocycles. The molecule has 0 amide bonds. The van der Waals surface area contributed by atoms with E-state index >= 15 is 0 Å². The summed E-state index contributed by atoms with van der Waals surface area (Å²) in [6.45, 7) is 1.70. The number of aromatic amines is 1. The summed E-state index contributed by atoms with van der Waals surface area (Å²) in [4.78, 5) is 36.2. The van der Waals surface area contributed by atoms with Crippen molar-refractivity contribution in [1.82, 2.24) is 9.55 Å². The number of hydrogen-bond donors (Lipinski definition) is 1. The topological polar surface area (TPSA) is 90.4 Å². The maximum atomic E-state index is 11.8. The molecule has 1 aromatic heterocycles. The summed E-state index contributed by atoms with van der Waals surface area (Å²) in [6.07, 6.45) is 2.49. The van der Waals surface area contributed by atoms with Crippen LogP contribution in [0.5, 0.6) is 0 Å². The van der Waals surface area contributed by atoms with Crippen LogP contribution in [0.4, 0.5) is 0 Å². The fourth-order valence-electron chi connectivity index (χ4n) is 2.34. The zero-order valence-corrected chi connectivity index (χ0v) is 14.3. The standard InChI is InChI=1S/C13H16BrClN2O5/c1-8(18)21-7-13(6-15)3-2-9(22-13)4-17-5-10(14)11(19)16-12(17)20/h5,9H,2-4,6-7H2,1H3,(H,16,19,20)/t9?,13-/m1/s1. The maximum Gasteiger partial charge on any atom is 0.328 e. The number of ether oxygens (including phenoxy) is 2. The van der Waals surface area contributed by atoms with Crippen molar-refractivity contribution in [3.8, 4) is 0 Å². The van der Waals surface area contributed by atoms with Crippen molar-refractivity contribution in [1.29, 1.82) is 0 Å². The van der Waals surface area contributed by atoms with E-state index in [1.54, 1.807) is 0 Å². The quantitative estimate of drug-likeness (QED) is 0.594. The van der Waals surface area contributed by atoms with E-state index in [1.807, 2.05) is 0 Å². The highest BCUT2D eigenvalue weighted by Gasteiger charge is 2.41. The van der Waals surface area contributed by atoms with Gasteiger partial charge in [-0.2, -0.15) is 0 Å². The molecule has 0 saturated carbocycles. The molecule has 9 heteroatoms. The van der Waals surface area contributed by atoms with Crippen LogP contribution >= 0.6 is 27.5 Å². The summed E-state index contributed by atoms with van der Waals surface area (Å²) >= 11 is 9.04. The predicted octanol–water partition coefficient (Wildman–Crippen LogP) is 1.02. The number of rotatable bonds is 5. The number of carbonyl (C=O) groups excluding carboxylic acids is 1. The van der Waals surface area contributed by atoms with Crippen molar-refractivity contribution in [2.45, 2.75) is 38.0 Å². The molecule has 1 saturated heterocycles. The second-order valence-corrected chi connectivity index (χ2v) is 6.39. The molecule has 1 aliphatic heterocycles. The number of halogens is 2. The Kier molecular flexibility index (Phi) is 5.46. The van der Waals surface area contributed by atoms with Gasteiger partial charge >= 0.3 is 11.7 Å². The third kappa shape index (κ3) is 3.99. The van der Waals surface area contributed by atoms with Gasteiger partial charge < -0.3 is 9.47 Å². The van der Waals surface area contributed by atoms with E-state index in [2.05, 4.69) is 20.9 Å². The van der Waals surface area contributed by atoms with Gasteiger partial charge in [0, 0.05) is 13.1 Å². The molecule has 2 atom stereocenters. The van der Waals surface area contributed by atoms with Gasteiger partial charge in [0.05, 0.1) is 23.0 Å². The van der Waals surface area contributed by atoms with Crippen LogP contribution in [0, 0.1) is 0 Å². The summed E-state index contributed by atoms with van der Waals surface area (Å²) in [5.74, 6) is -0.196. The number of aromatic nitrogens is 2. The Bertz CT molecular complexity index is 673. The highest BCUT2D eigenvalue weighted by molar-refractivity contribution is 9.10. The van der Waals surface area contributed by atoms with Gasteiger partial charge in [0.2, 0.25) is 0 Å². The van der Waals surface area contributed by atoms with Gasteiger partial charge in [-0.3, -0.25) is 19.1 Å². The molecule has 1 fully saturated rings. The monoisotopic (exact) mass is 394 g/mol. The first-order chi connectivity index (χ1) is 10.3. The average molecular weight is 396 g/mol. The van der Waals surface area contributed by atoms with Crippen molar-refractivity contribution < 1.29 is 14.3 Å². The largest absolute Gasteiger partial charge is 0.463 e. The number of esters is 1. The van der Waals surface area contributed by atoms with E-state index in [0.29, 0.717) is 12.8 Å². The molecule has 0 spiro atoms. The zero-order valence-electron chi connectivity index (χ0n) is 11.9. The van der Waals surface area contributed by atoms with E-state index < -0.39 is 22.8 Å². The lowest BCUT2D eigenvalue weighted by Gasteiger charge is -2.26. The lowest BCUT2D eigenvalue weighted by Crippen LogP contribution is -2.39. The first kappa shape index (κ1) is 17.2. The SMILES string of the molecule is CC(=O)OC[C@]1(CCl)CCC(Cn2cc(Br)c(=O)[nH]c2=O)O1. The molecule has 0 bridgehead atoms. The fraction of sp³-hybridized carbons (Fsp3) is 0.615. The molecular formula is C13H16BrClN2O5. The summed E-state index contributed by atoms with van der Waals surface area (Å²) < 4.78 is 12.5. The smallest absolute Gasteiger partial charge is 0.328 e. The molecule has 1 aromatic rings. The van der Waals surface area contributed by atoms with Gasteiger partial charge in [-0.05, 0) is 28.8 Å². The Morgan fingerprint density at radius 3 is 3.00 bits per heavy atom. The normalized spacial score (nSPS) is 24.4. The molecule has 1 unspecified atom stereocenters. The molecule has 22 heavy (non-hydrogen) atoms. The van der Waals surface area contributed by atoms with Crippen LogP contribution in [-0.4, -0.2) is 39.7 Å². The molecule has 122 valence electrons. The molecule has 0 aliphatic carbocycles. The first-order valence-electron chi connectivity index (χ1n) is 6.72. The number of nitrogens with one attached hydrogen (secondary N) is 1. The summed E-state index contributed by atoms with van der Waals surface area (Å²) in [5.41, 5.74) is -1.69. The van der Waals surface area contributed by atoms with Gasteiger partial charge in [-0.25, -0.2) is 4.79 Å². The highest BCUT2D eigenvalue weighted by atomic mass is 79.9. The summed E-state index contributed by atoms with van der Waals surface area (Å²) in [7, 11) is 0. The molecule has 2 heterocycles. The van der Waals surface area contributed by atoms with Crippen molar-refractivity contribution in [2.24, 2.45) is 0 Å². The number of carbonyl (C=O) groups is 1. The van der Waals surface area contributed by atoms with Gasteiger partial charge in [-0.1, -0.05) is 0 Å². The van der Waals surface area contributed by atoms with Crippen LogP contribution < -0.4 is 11.2 Å². The maximum absolute atomic E-state index is 11.8. The van der Waals surface area contributed by atoms with Crippen LogP contribution in [0.2, 0.25) is 0 Å². The summed E-state index contributed by atoms with van der Waals surface area (Å²) in [5, 5.41) is 0. The second-order valence-electron chi connectivity index (χ2n) is 5.26. The van der Waals surface area contributed by atoms with E-state index in [0.717, 1.165) is 0 Å². The minimum atomic E-state index is -0.721. The third-order valence-electron chi connectivity index (χ3n) is 3.49. The highest BCUT2D eigenvalue weighted by Crippen LogP contribution is 2.32. The molecule has 1 N–H and O–H groups in total. The number of hydrogen-bond acceptors (Lipinski definition) is 5. The van der Waals surface area contributed by atoms with E-state index in [4.69, 9.17) is 21.1 Å². The van der Waals surface area contributed by atoms with Crippen molar-refractivity contribution in [3.05, 3.63) is 31.5 Å². The average Bonchev–Trinajstić information content (AvgIpc) is 2.87. The predicted molar refractivity (Wildman–Crippen MR) is 83.2 cm³/mol. The molecule has 7 nitrogen and oxygen atoms in total. The van der Waals surface area contributed by atoms with E-state index in [1.165, 1.54) is 17.7 Å². The van der Waals surface area contributed by atoms with Crippen LogP contribution in [0.25, 0.3) is 0 Å². The van der Waals surface area contributed by atoms with E-state index in [-0.39, 0.29) is 29.6 Å². The van der Waals surface area contributed by atoms with Crippen molar-refractivity contribution in [2.75, 3.05) is 12.5 Å². The minimum absolute atomic E-state index is 0.0898. The lowest BCUT2D eigenvalue weighted by molar-refractivity contribution is -0.150. The van der Waals surface area contributed by atoms with Gasteiger partial charge in [0.15, 0.2) is 0 Å². The number of alkyl halides is 1. The van der Waals surface area contributed by atoms with Crippen molar-refractivity contribution >= 4 is 33.5 Å². The lowest BCUT2D eigenvalue weighted by atomic mass is 10.0. The zero-order chi connectivity index (χ0) is 16.3. The fourth-order valence-corrected chi connectivity index (χ4v) is 2.96. The van der Waals surface area contributed by atoms with Gasteiger partial charge in [0.25, 0.3) is 5.56 Å². The Morgan fingerprint density at radius 1 is 1.64 bits per heavy atom. The third-order valence-corrected chi connectivity index (χ3v) is 4.54. The summed E-state index contributed by atoms with van der Waals surface area (Å²) in [6, 6.07) is 0. The minimum Gasteiger partial charge on any atom is -0.463 e. The van der Waals surface area contributed by atoms with E-state index in [9.17, 15) is 14.4 Å². The van der Waals surface area contributed by atoms with Gasteiger partial charge in [0.1, 0.15) is 12.2 Å². The number of nitrogens with zero attached hydrogens (tertiary/aromatic N) is 1. The molecule has 0 radical (unpaired) electrons. The van der Waals surface area contributed by atoms with Crippen LogP contribution in [0.1, 0.15) is 19.8 Å². The molecule has 2 rings (SSSR count). The van der Waals surface area contributed by atoms with Crippen molar-refractivity contribution in [3.63, 3.8) is 0 Å². The molecular weight excluding hydrogens is 380 g/mol. The first-order valence-corrected chi connectivity index (χ1v) is 8.04.